The minimum atomic E-state index is -0.980. The molecule has 15 heavy (non-hydrogen) atoms. The molecule has 0 aromatic rings. The van der Waals surface area contributed by atoms with Crippen molar-refractivity contribution in [2.45, 2.75) is 45.6 Å². The Balaban J connectivity index is 3.14. The van der Waals surface area contributed by atoms with E-state index in [0.29, 0.717) is 13.0 Å². The lowest BCUT2D eigenvalue weighted by molar-refractivity contribution is 0.0144. The van der Waals surface area contributed by atoms with E-state index in [1.165, 1.54) is 4.90 Å². The molecule has 0 aliphatic carbocycles. The highest BCUT2D eigenvalue weighted by molar-refractivity contribution is 5.67. The minimum absolute atomic E-state index is 0.347. The van der Waals surface area contributed by atoms with Gasteiger partial charge in [-0.2, -0.15) is 5.26 Å². The number of piperidine rings is 1. The van der Waals surface area contributed by atoms with Crippen LogP contribution in [0.25, 0.3) is 0 Å². The third kappa shape index (κ3) is 1.79. The fourth-order valence-corrected chi connectivity index (χ4v) is 2.30. The van der Waals surface area contributed by atoms with Crippen LogP contribution in [0.1, 0.15) is 40.0 Å². The Morgan fingerprint density at radius 3 is 2.40 bits per heavy atom. The Morgan fingerprint density at radius 1 is 1.47 bits per heavy atom. The summed E-state index contributed by atoms with van der Waals surface area (Å²) in [4.78, 5) is 12.5. The lowest BCUT2D eigenvalue weighted by Crippen LogP contribution is -2.60. The zero-order chi connectivity index (χ0) is 11.7. The monoisotopic (exact) mass is 210 g/mol. The van der Waals surface area contributed by atoms with Crippen LogP contribution in [-0.4, -0.2) is 28.2 Å². The number of likely N-dealkylation sites (tertiary alicyclic amines) is 1. The molecule has 0 radical (unpaired) electrons. The van der Waals surface area contributed by atoms with Gasteiger partial charge in [0.25, 0.3) is 0 Å². The van der Waals surface area contributed by atoms with Crippen LogP contribution >= 0.6 is 0 Å². The largest absolute Gasteiger partial charge is 0.465 e. The molecule has 0 spiro atoms. The molecule has 1 aliphatic heterocycles. The van der Waals surface area contributed by atoms with Gasteiger partial charge in [-0.15, -0.1) is 0 Å². The first-order valence-electron chi connectivity index (χ1n) is 5.27. The predicted octanol–water partition coefficient (Wildman–Crippen LogP) is 2.46. The van der Waals surface area contributed by atoms with Gasteiger partial charge in [-0.3, -0.25) is 4.90 Å². The molecule has 0 aromatic heterocycles. The summed E-state index contributed by atoms with van der Waals surface area (Å²) in [6, 6.07) is 2.23. The van der Waals surface area contributed by atoms with Gasteiger partial charge in [0.15, 0.2) is 0 Å². The number of hydrogen-bond acceptors (Lipinski definition) is 2. The van der Waals surface area contributed by atoms with Crippen molar-refractivity contribution in [3.05, 3.63) is 0 Å². The third-order valence-electron chi connectivity index (χ3n) is 3.29. The van der Waals surface area contributed by atoms with Crippen molar-refractivity contribution in [1.29, 1.82) is 5.26 Å². The molecule has 84 valence electrons. The first kappa shape index (κ1) is 11.8. The Hall–Kier alpha value is -1.24. The number of nitrogens with zero attached hydrogens (tertiary/aromatic N) is 2. The van der Waals surface area contributed by atoms with Crippen LogP contribution < -0.4 is 0 Å². The summed E-state index contributed by atoms with van der Waals surface area (Å²) in [6.45, 7) is 6.26. The third-order valence-corrected chi connectivity index (χ3v) is 3.29. The number of nitriles is 1. The van der Waals surface area contributed by atoms with Gasteiger partial charge in [0.1, 0.15) is 5.54 Å². The Kier molecular flexibility index (Phi) is 2.94. The molecule has 0 aromatic carbocycles. The fraction of sp³-hybridized carbons (Fsp3) is 0.818. The summed E-state index contributed by atoms with van der Waals surface area (Å²) in [5.41, 5.74) is -1.21. The van der Waals surface area contributed by atoms with Crippen molar-refractivity contribution in [2.75, 3.05) is 6.54 Å². The quantitative estimate of drug-likeness (QED) is 0.668. The second kappa shape index (κ2) is 3.73. The second-order valence-corrected chi connectivity index (χ2v) is 5.11. The van der Waals surface area contributed by atoms with Gasteiger partial charge < -0.3 is 5.11 Å². The molecule has 4 nitrogen and oxygen atoms in total. The number of amides is 1. The van der Waals surface area contributed by atoms with E-state index >= 15 is 0 Å². The SMILES string of the molecule is CC(C)(C)[C@@]1(C#N)CCCCN1C(=O)O. The molecule has 1 fully saturated rings. The van der Waals surface area contributed by atoms with E-state index in [4.69, 9.17) is 5.11 Å². The molecule has 1 amide bonds. The molecular weight excluding hydrogens is 192 g/mol. The lowest BCUT2D eigenvalue weighted by atomic mass is 9.69. The molecule has 1 saturated heterocycles. The van der Waals surface area contributed by atoms with Crippen molar-refractivity contribution in [1.82, 2.24) is 4.90 Å². The first-order chi connectivity index (χ1) is 6.85. The van der Waals surface area contributed by atoms with E-state index < -0.39 is 11.6 Å². The van der Waals surface area contributed by atoms with Crippen molar-refractivity contribution in [2.24, 2.45) is 5.41 Å². The molecule has 1 atom stereocenters. The molecule has 0 unspecified atom stereocenters. The van der Waals surface area contributed by atoms with E-state index in [1.807, 2.05) is 20.8 Å². The molecule has 1 aliphatic rings. The summed E-state index contributed by atoms with van der Waals surface area (Å²) >= 11 is 0. The van der Waals surface area contributed by atoms with E-state index in [1.54, 1.807) is 0 Å². The zero-order valence-corrected chi connectivity index (χ0v) is 9.58. The molecule has 1 rings (SSSR count). The van der Waals surface area contributed by atoms with Crippen LogP contribution in [0.3, 0.4) is 0 Å². The van der Waals surface area contributed by atoms with E-state index in [2.05, 4.69) is 6.07 Å². The van der Waals surface area contributed by atoms with Crippen molar-refractivity contribution >= 4 is 6.09 Å². The summed E-state index contributed by atoms with van der Waals surface area (Å²) in [5.74, 6) is 0. The lowest BCUT2D eigenvalue weighted by Gasteiger charge is -2.48. The highest BCUT2D eigenvalue weighted by atomic mass is 16.4. The molecule has 1 N–H and O–H groups in total. The van der Waals surface area contributed by atoms with Crippen molar-refractivity contribution in [3.8, 4) is 6.07 Å². The fourth-order valence-electron chi connectivity index (χ4n) is 2.30. The zero-order valence-electron chi connectivity index (χ0n) is 9.58. The maximum Gasteiger partial charge on any atom is 0.408 e. The summed E-state index contributed by atoms with van der Waals surface area (Å²) in [7, 11) is 0. The predicted molar refractivity (Wildman–Crippen MR) is 56.4 cm³/mol. The van der Waals surface area contributed by atoms with Crippen LogP contribution in [0.5, 0.6) is 0 Å². The molecule has 4 heteroatoms. The van der Waals surface area contributed by atoms with Gasteiger partial charge in [0, 0.05) is 6.54 Å². The topological polar surface area (TPSA) is 64.3 Å². The highest BCUT2D eigenvalue weighted by Crippen LogP contribution is 2.42. The summed E-state index contributed by atoms with van der Waals surface area (Å²) in [6.07, 6.45) is 1.44. The van der Waals surface area contributed by atoms with Gasteiger partial charge in [-0.1, -0.05) is 20.8 Å². The summed E-state index contributed by atoms with van der Waals surface area (Å²) in [5, 5.41) is 18.5. The number of rotatable bonds is 0. The minimum Gasteiger partial charge on any atom is -0.465 e. The van der Waals surface area contributed by atoms with Crippen LogP contribution in [-0.2, 0) is 0 Å². The Morgan fingerprint density at radius 2 is 2.07 bits per heavy atom. The van der Waals surface area contributed by atoms with Gasteiger partial charge in [0.05, 0.1) is 6.07 Å². The number of carbonyl (C=O) groups is 1. The molecule has 1 heterocycles. The Bertz CT molecular complexity index is 301. The van der Waals surface area contributed by atoms with Gasteiger partial charge in [-0.25, -0.2) is 4.79 Å². The van der Waals surface area contributed by atoms with Crippen molar-refractivity contribution in [3.63, 3.8) is 0 Å². The van der Waals surface area contributed by atoms with Crippen molar-refractivity contribution < 1.29 is 9.90 Å². The van der Waals surface area contributed by atoms with Crippen LogP contribution in [0.2, 0.25) is 0 Å². The van der Waals surface area contributed by atoms with E-state index in [0.717, 1.165) is 12.8 Å². The smallest absolute Gasteiger partial charge is 0.408 e. The standard InChI is InChI=1S/C11H18N2O2/c1-10(2,3)11(8-12)6-4-5-7-13(11)9(14)15/h4-7H2,1-3H3,(H,14,15)/t11-/m0/s1. The number of hydrogen-bond donors (Lipinski definition) is 1. The van der Waals surface area contributed by atoms with Crippen LogP contribution in [0, 0.1) is 16.7 Å². The van der Waals surface area contributed by atoms with Crippen LogP contribution in [0.4, 0.5) is 4.79 Å². The van der Waals surface area contributed by atoms with E-state index in [-0.39, 0.29) is 5.41 Å². The number of carboxylic acid groups (broad SMARTS) is 1. The van der Waals surface area contributed by atoms with E-state index in [9.17, 15) is 10.1 Å². The normalized spacial score (nSPS) is 27.2. The maximum absolute atomic E-state index is 11.2. The second-order valence-electron chi connectivity index (χ2n) is 5.11. The van der Waals surface area contributed by atoms with Gasteiger partial charge in [-0.05, 0) is 24.7 Å². The van der Waals surface area contributed by atoms with Crippen LogP contribution in [0.15, 0.2) is 0 Å². The average molecular weight is 210 g/mol. The average Bonchev–Trinajstić information content (AvgIpc) is 2.15. The highest BCUT2D eigenvalue weighted by Gasteiger charge is 2.50. The summed E-state index contributed by atoms with van der Waals surface area (Å²) < 4.78 is 0. The Labute approximate surface area is 90.5 Å². The van der Waals surface area contributed by atoms with Gasteiger partial charge in [0.2, 0.25) is 0 Å². The first-order valence-corrected chi connectivity index (χ1v) is 5.27. The molecular formula is C11H18N2O2. The molecule has 0 bridgehead atoms. The maximum atomic E-state index is 11.2. The molecule has 0 saturated carbocycles. The van der Waals surface area contributed by atoms with Gasteiger partial charge >= 0.3 is 6.09 Å².